The smallest absolute Gasteiger partial charge is 0.341 e. The van der Waals surface area contributed by atoms with Crippen LogP contribution in [0.15, 0.2) is 34.4 Å². The monoisotopic (exact) mass is 334 g/mol. The molecule has 0 saturated carbocycles. The highest BCUT2D eigenvalue weighted by Crippen LogP contribution is 2.18. The maximum atomic E-state index is 13.8. The number of methoxy groups -OCH3 is 1. The molecule has 23 heavy (non-hydrogen) atoms. The van der Waals surface area contributed by atoms with Gasteiger partial charge in [0.05, 0.1) is 18.2 Å². The van der Waals surface area contributed by atoms with Crippen molar-refractivity contribution in [3.8, 4) is 5.75 Å². The van der Waals surface area contributed by atoms with Crippen LogP contribution in [0.1, 0.15) is 16.2 Å². The molecule has 0 radical (unpaired) electrons. The number of halogens is 1. The van der Waals surface area contributed by atoms with Crippen molar-refractivity contribution in [1.29, 1.82) is 0 Å². The zero-order valence-electron chi connectivity index (χ0n) is 12.0. The normalized spacial score (nSPS) is 10.7. The standard InChI is InChI=1S/C15H11FN2O4S/c1-21-8-2-3-9(10(16)6-8)15(20)22-7-12-17-11-4-5-23-13(11)14(19)18-12/h2-6H,7H2,1H3,(H,17,18,19). The number of aromatic nitrogens is 2. The fourth-order valence-electron chi connectivity index (χ4n) is 1.99. The van der Waals surface area contributed by atoms with Crippen LogP contribution in [-0.2, 0) is 11.3 Å². The SMILES string of the molecule is COc1ccc(C(=O)OCc2nc3ccsc3c(=O)[nH]2)c(F)c1. The highest BCUT2D eigenvalue weighted by atomic mass is 32.1. The van der Waals surface area contributed by atoms with Crippen molar-refractivity contribution >= 4 is 27.5 Å². The Morgan fingerprint density at radius 1 is 1.39 bits per heavy atom. The molecule has 0 spiro atoms. The summed E-state index contributed by atoms with van der Waals surface area (Å²) < 4.78 is 24.2. The van der Waals surface area contributed by atoms with Crippen LogP contribution in [0.3, 0.4) is 0 Å². The van der Waals surface area contributed by atoms with Gasteiger partial charge in [-0.3, -0.25) is 4.79 Å². The van der Waals surface area contributed by atoms with Crippen LogP contribution in [0.5, 0.6) is 5.75 Å². The highest BCUT2D eigenvalue weighted by Gasteiger charge is 2.15. The summed E-state index contributed by atoms with van der Waals surface area (Å²) in [5.74, 6) is -1.10. The summed E-state index contributed by atoms with van der Waals surface area (Å²) in [7, 11) is 1.40. The van der Waals surface area contributed by atoms with Gasteiger partial charge >= 0.3 is 5.97 Å². The zero-order valence-corrected chi connectivity index (χ0v) is 12.8. The van der Waals surface area contributed by atoms with E-state index in [0.29, 0.717) is 16.0 Å². The lowest BCUT2D eigenvalue weighted by atomic mass is 10.2. The van der Waals surface area contributed by atoms with E-state index >= 15 is 0 Å². The molecule has 0 bridgehead atoms. The van der Waals surface area contributed by atoms with E-state index in [1.165, 1.54) is 30.6 Å². The number of nitrogens with zero attached hydrogens (tertiary/aromatic N) is 1. The average Bonchev–Trinajstić information content (AvgIpc) is 3.01. The maximum Gasteiger partial charge on any atom is 0.341 e. The lowest BCUT2D eigenvalue weighted by Gasteiger charge is -2.06. The number of hydrogen-bond acceptors (Lipinski definition) is 6. The molecule has 1 N–H and O–H groups in total. The number of ether oxygens (including phenoxy) is 2. The van der Waals surface area contributed by atoms with E-state index in [1.54, 1.807) is 11.4 Å². The third-order valence-electron chi connectivity index (χ3n) is 3.10. The summed E-state index contributed by atoms with van der Waals surface area (Å²) >= 11 is 1.27. The number of hydrogen-bond donors (Lipinski definition) is 1. The molecule has 0 aliphatic heterocycles. The van der Waals surface area contributed by atoms with Gasteiger partial charge in [-0.1, -0.05) is 0 Å². The van der Waals surface area contributed by atoms with E-state index < -0.39 is 11.8 Å². The number of carbonyl (C=O) groups excluding carboxylic acids is 1. The highest BCUT2D eigenvalue weighted by molar-refractivity contribution is 7.17. The third kappa shape index (κ3) is 3.07. The van der Waals surface area contributed by atoms with Crippen molar-refractivity contribution in [3.63, 3.8) is 0 Å². The van der Waals surface area contributed by atoms with E-state index in [1.807, 2.05) is 0 Å². The number of carbonyl (C=O) groups is 1. The molecule has 3 aromatic rings. The van der Waals surface area contributed by atoms with E-state index in [4.69, 9.17) is 9.47 Å². The number of thiophene rings is 1. The molecule has 6 nitrogen and oxygen atoms in total. The van der Waals surface area contributed by atoms with Crippen LogP contribution < -0.4 is 10.3 Å². The molecule has 0 unspecified atom stereocenters. The Balaban J connectivity index is 1.76. The number of fused-ring (bicyclic) bond motifs is 1. The molecule has 0 fully saturated rings. The molecule has 8 heteroatoms. The van der Waals surface area contributed by atoms with Gasteiger partial charge in [-0.2, -0.15) is 0 Å². The van der Waals surface area contributed by atoms with Crippen molar-refractivity contribution < 1.29 is 18.7 Å². The molecule has 2 aromatic heterocycles. The van der Waals surface area contributed by atoms with Gasteiger partial charge in [-0.05, 0) is 23.6 Å². The van der Waals surface area contributed by atoms with E-state index in [9.17, 15) is 14.0 Å². The summed E-state index contributed by atoms with van der Waals surface area (Å²) in [5.41, 5.74) is 0.0110. The first-order valence-corrected chi connectivity index (χ1v) is 7.43. The molecule has 2 heterocycles. The minimum Gasteiger partial charge on any atom is -0.497 e. The minimum absolute atomic E-state index is 0.197. The van der Waals surface area contributed by atoms with Crippen molar-refractivity contribution in [3.05, 3.63) is 57.2 Å². The molecule has 118 valence electrons. The molecular weight excluding hydrogens is 323 g/mol. The molecule has 0 aliphatic carbocycles. The van der Waals surface area contributed by atoms with E-state index in [-0.39, 0.29) is 23.6 Å². The summed E-state index contributed by atoms with van der Waals surface area (Å²) in [5, 5.41) is 1.75. The molecule has 0 amide bonds. The number of aromatic amines is 1. The average molecular weight is 334 g/mol. The van der Waals surface area contributed by atoms with Crippen LogP contribution in [0, 0.1) is 5.82 Å². The second-order valence-electron chi connectivity index (χ2n) is 4.57. The lowest BCUT2D eigenvalue weighted by molar-refractivity contribution is 0.0457. The third-order valence-corrected chi connectivity index (χ3v) is 4.00. The van der Waals surface area contributed by atoms with Gasteiger partial charge in [-0.15, -0.1) is 11.3 Å². The van der Waals surface area contributed by atoms with E-state index in [0.717, 1.165) is 6.07 Å². The molecule has 0 aliphatic rings. The summed E-state index contributed by atoms with van der Waals surface area (Å²) in [6, 6.07) is 5.52. The van der Waals surface area contributed by atoms with Crippen molar-refractivity contribution in [2.45, 2.75) is 6.61 Å². The number of esters is 1. The summed E-state index contributed by atoms with van der Waals surface area (Å²) in [6.07, 6.45) is 0. The molecule has 0 atom stereocenters. The lowest BCUT2D eigenvalue weighted by Crippen LogP contribution is -2.14. The molecular formula is C15H11FN2O4S. The molecule has 3 rings (SSSR count). The van der Waals surface area contributed by atoms with E-state index in [2.05, 4.69) is 9.97 Å². The first kappa shape index (κ1) is 15.2. The van der Waals surface area contributed by atoms with Crippen LogP contribution in [-0.4, -0.2) is 23.0 Å². The second kappa shape index (κ2) is 6.17. The second-order valence-corrected chi connectivity index (χ2v) is 5.49. The Kier molecular flexibility index (Phi) is 4.07. The van der Waals surface area contributed by atoms with Gasteiger partial charge in [0.1, 0.15) is 28.7 Å². The first-order chi connectivity index (χ1) is 11.1. The fraction of sp³-hybridized carbons (Fsp3) is 0.133. The Labute approximate surface area is 133 Å². The molecule has 1 aromatic carbocycles. The minimum atomic E-state index is -0.849. The van der Waals surface area contributed by atoms with Crippen molar-refractivity contribution in [1.82, 2.24) is 9.97 Å². The fourth-order valence-corrected chi connectivity index (χ4v) is 2.72. The van der Waals surface area contributed by atoms with Gasteiger partial charge in [0.2, 0.25) is 0 Å². The number of benzene rings is 1. The van der Waals surface area contributed by atoms with Gasteiger partial charge in [-0.25, -0.2) is 14.2 Å². The van der Waals surface area contributed by atoms with Crippen LogP contribution >= 0.6 is 11.3 Å². The number of rotatable bonds is 4. The maximum absolute atomic E-state index is 13.8. The van der Waals surface area contributed by atoms with Gasteiger partial charge in [0.15, 0.2) is 0 Å². The predicted molar refractivity (Wildman–Crippen MR) is 82.3 cm³/mol. The predicted octanol–water partition coefficient (Wildman–Crippen LogP) is 2.49. The van der Waals surface area contributed by atoms with Crippen LogP contribution in [0.2, 0.25) is 0 Å². The molecule has 0 saturated heterocycles. The quantitative estimate of drug-likeness (QED) is 0.741. The number of H-pyrrole nitrogens is 1. The topological polar surface area (TPSA) is 81.3 Å². The Bertz CT molecular complexity index is 935. The van der Waals surface area contributed by atoms with Crippen LogP contribution in [0.4, 0.5) is 4.39 Å². The van der Waals surface area contributed by atoms with Gasteiger partial charge < -0.3 is 14.5 Å². The summed E-state index contributed by atoms with van der Waals surface area (Å²) in [6.45, 7) is -0.259. The Morgan fingerprint density at radius 3 is 2.96 bits per heavy atom. The number of nitrogens with one attached hydrogen (secondary N) is 1. The largest absolute Gasteiger partial charge is 0.497 e. The Morgan fingerprint density at radius 2 is 2.22 bits per heavy atom. The van der Waals surface area contributed by atoms with Crippen LogP contribution in [0.25, 0.3) is 10.2 Å². The van der Waals surface area contributed by atoms with Crippen molar-refractivity contribution in [2.75, 3.05) is 7.11 Å². The Hall–Kier alpha value is -2.74. The first-order valence-electron chi connectivity index (χ1n) is 6.55. The van der Waals surface area contributed by atoms with Gasteiger partial charge in [0, 0.05) is 6.07 Å². The van der Waals surface area contributed by atoms with Gasteiger partial charge in [0.25, 0.3) is 5.56 Å². The summed E-state index contributed by atoms with van der Waals surface area (Å²) in [4.78, 5) is 30.4. The van der Waals surface area contributed by atoms with Crippen molar-refractivity contribution in [2.24, 2.45) is 0 Å². The zero-order chi connectivity index (χ0) is 16.4.